The summed E-state index contributed by atoms with van der Waals surface area (Å²) in [5.74, 6) is 0.0332. The second-order valence-electron chi connectivity index (χ2n) is 9.95. The number of nitrogens with one attached hydrogen (secondary N) is 1. The van der Waals surface area contributed by atoms with Crippen LogP contribution in [-0.4, -0.2) is 38.3 Å². The Labute approximate surface area is 242 Å². The summed E-state index contributed by atoms with van der Waals surface area (Å²) in [5, 5.41) is 4.17. The average molecular weight is 573 g/mol. The number of aryl methyl sites for hydroxylation is 4. The average Bonchev–Trinajstić information content (AvgIpc) is 3.20. The van der Waals surface area contributed by atoms with E-state index in [1.54, 1.807) is 42.6 Å². The van der Waals surface area contributed by atoms with Gasteiger partial charge in [-0.15, -0.1) is 0 Å². The van der Waals surface area contributed by atoms with E-state index in [-0.39, 0.29) is 4.90 Å². The normalized spacial score (nSPS) is 11.6. The maximum atomic E-state index is 13.6. The molecule has 9 heteroatoms. The van der Waals surface area contributed by atoms with Crippen LogP contribution >= 0.6 is 0 Å². The van der Waals surface area contributed by atoms with Crippen LogP contribution in [0.2, 0.25) is 0 Å². The van der Waals surface area contributed by atoms with Crippen LogP contribution in [0.1, 0.15) is 40.6 Å². The van der Waals surface area contributed by atoms with Crippen molar-refractivity contribution in [2.24, 2.45) is 5.10 Å². The highest BCUT2D eigenvalue weighted by molar-refractivity contribution is 7.92. The fourth-order valence-electron chi connectivity index (χ4n) is 4.79. The molecule has 1 heterocycles. The van der Waals surface area contributed by atoms with Gasteiger partial charge >= 0.3 is 0 Å². The Bertz CT molecular complexity index is 1650. The van der Waals surface area contributed by atoms with Crippen LogP contribution < -0.4 is 14.5 Å². The van der Waals surface area contributed by atoms with Crippen molar-refractivity contribution in [3.8, 4) is 11.4 Å². The third-order valence-corrected chi connectivity index (χ3v) is 8.65. The number of ether oxygens (including phenoxy) is 1. The first-order chi connectivity index (χ1) is 19.5. The van der Waals surface area contributed by atoms with Crippen LogP contribution in [0, 0.1) is 34.6 Å². The molecular formula is C32H36N4O4S. The molecule has 1 amide bonds. The van der Waals surface area contributed by atoms with Crippen molar-refractivity contribution in [2.45, 2.75) is 46.4 Å². The first-order valence-electron chi connectivity index (χ1n) is 13.4. The minimum atomic E-state index is -4.04. The monoisotopic (exact) mass is 572 g/mol. The molecule has 0 bridgehead atoms. The number of para-hydroxylation sites is 1. The van der Waals surface area contributed by atoms with Gasteiger partial charge in [0, 0.05) is 17.0 Å². The second kappa shape index (κ2) is 12.4. The fraction of sp³-hybridized carbons (Fsp3) is 0.250. The number of hydrogen-bond acceptors (Lipinski definition) is 5. The summed E-state index contributed by atoms with van der Waals surface area (Å²) < 4.78 is 36.0. The molecule has 3 aromatic carbocycles. The molecule has 1 aromatic heterocycles. The van der Waals surface area contributed by atoms with Crippen LogP contribution in [0.5, 0.6) is 5.75 Å². The lowest BCUT2D eigenvalue weighted by Crippen LogP contribution is -2.39. The van der Waals surface area contributed by atoms with E-state index in [0.717, 1.165) is 43.6 Å². The van der Waals surface area contributed by atoms with Crippen LogP contribution in [-0.2, 0) is 14.8 Å². The predicted octanol–water partition coefficient (Wildman–Crippen LogP) is 5.76. The van der Waals surface area contributed by atoms with E-state index in [4.69, 9.17) is 4.74 Å². The molecule has 4 rings (SSSR count). The topological polar surface area (TPSA) is 93.0 Å². The van der Waals surface area contributed by atoms with E-state index < -0.39 is 22.5 Å². The highest BCUT2D eigenvalue weighted by atomic mass is 32.2. The molecule has 8 nitrogen and oxygen atoms in total. The number of benzene rings is 3. The van der Waals surface area contributed by atoms with E-state index in [0.29, 0.717) is 18.0 Å². The lowest BCUT2D eigenvalue weighted by Gasteiger charge is -2.24. The number of nitrogens with zero attached hydrogens (tertiary/aromatic N) is 3. The first kappa shape index (κ1) is 29.6. The van der Waals surface area contributed by atoms with Gasteiger partial charge in [0.2, 0.25) is 0 Å². The van der Waals surface area contributed by atoms with Crippen molar-refractivity contribution in [1.29, 1.82) is 0 Å². The third kappa shape index (κ3) is 6.52. The molecule has 0 aliphatic rings. The highest BCUT2D eigenvalue weighted by Crippen LogP contribution is 2.27. The molecule has 0 atom stereocenters. The standard InChI is InChI=1S/C32H36N4O4S/c1-7-40-29-15-13-28(14-16-29)35(41(38,39)30-17-11-22(2)12-18-30)21-31(37)34-33-20-27-19-25(5)36(26(27)6)32-23(3)9-8-10-24(32)4/h8-20H,7,21H2,1-6H3,(H,34,37)/b33-20-. The van der Waals surface area contributed by atoms with Crippen molar-refractivity contribution >= 4 is 27.8 Å². The number of hydrazone groups is 1. The van der Waals surface area contributed by atoms with E-state index in [1.807, 2.05) is 39.8 Å². The van der Waals surface area contributed by atoms with E-state index in [1.165, 1.54) is 12.1 Å². The minimum Gasteiger partial charge on any atom is -0.494 e. The van der Waals surface area contributed by atoms with Gasteiger partial charge in [0.15, 0.2) is 0 Å². The smallest absolute Gasteiger partial charge is 0.264 e. The van der Waals surface area contributed by atoms with E-state index >= 15 is 0 Å². The molecule has 0 aliphatic carbocycles. The van der Waals surface area contributed by atoms with Gasteiger partial charge in [0.25, 0.3) is 15.9 Å². The summed E-state index contributed by atoms with van der Waals surface area (Å²) in [7, 11) is -4.04. The second-order valence-corrected chi connectivity index (χ2v) is 11.8. The van der Waals surface area contributed by atoms with Crippen molar-refractivity contribution in [3.63, 3.8) is 0 Å². The number of carbonyl (C=O) groups excluding carboxylic acids is 1. The lowest BCUT2D eigenvalue weighted by molar-refractivity contribution is -0.119. The van der Waals surface area contributed by atoms with Gasteiger partial charge in [0.05, 0.1) is 29.1 Å². The summed E-state index contributed by atoms with van der Waals surface area (Å²) in [5.41, 5.74) is 10.1. The number of anilines is 1. The zero-order chi connectivity index (χ0) is 29.7. The largest absolute Gasteiger partial charge is 0.494 e. The number of aromatic nitrogens is 1. The van der Waals surface area contributed by atoms with Gasteiger partial charge in [-0.25, -0.2) is 13.8 Å². The van der Waals surface area contributed by atoms with Crippen molar-refractivity contribution in [1.82, 2.24) is 9.99 Å². The SMILES string of the molecule is CCOc1ccc(N(CC(=O)N/N=C\c2cc(C)n(-c3c(C)cccc3C)c2C)S(=O)(=O)c2ccc(C)cc2)cc1. The Balaban J connectivity index is 1.57. The lowest BCUT2D eigenvalue weighted by atomic mass is 10.1. The van der Waals surface area contributed by atoms with Crippen LogP contribution in [0.4, 0.5) is 5.69 Å². The third-order valence-electron chi connectivity index (χ3n) is 6.86. The molecule has 0 unspecified atom stereocenters. The van der Waals surface area contributed by atoms with Gasteiger partial charge < -0.3 is 9.30 Å². The fourth-order valence-corrected chi connectivity index (χ4v) is 6.21. The van der Waals surface area contributed by atoms with Gasteiger partial charge in [-0.3, -0.25) is 9.10 Å². The van der Waals surface area contributed by atoms with Crippen molar-refractivity contribution in [3.05, 3.63) is 106 Å². The Hall–Kier alpha value is -4.37. The first-order valence-corrected chi connectivity index (χ1v) is 14.9. The quantitative estimate of drug-likeness (QED) is 0.193. The number of hydrogen-bond donors (Lipinski definition) is 1. The molecule has 0 aliphatic heterocycles. The Morgan fingerprint density at radius 3 is 2.20 bits per heavy atom. The Kier molecular flexibility index (Phi) is 8.98. The molecule has 1 N–H and O–H groups in total. The van der Waals surface area contributed by atoms with Gasteiger partial charge in [-0.1, -0.05) is 35.9 Å². The molecule has 4 aromatic rings. The number of rotatable bonds is 10. The maximum Gasteiger partial charge on any atom is 0.264 e. The van der Waals surface area contributed by atoms with Crippen LogP contribution in [0.25, 0.3) is 5.69 Å². The summed E-state index contributed by atoms with van der Waals surface area (Å²) >= 11 is 0. The summed E-state index contributed by atoms with van der Waals surface area (Å²) in [6, 6.07) is 21.3. The predicted molar refractivity (Wildman–Crippen MR) is 164 cm³/mol. The van der Waals surface area contributed by atoms with Gasteiger partial charge in [-0.05, 0) is 95.1 Å². The Morgan fingerprint density at radius 1 is 0.951 bits per heavy atom. The molecule has 41 heavy (non-hydrogen) atoms. The number of amides is 1. The summed E-state index contributed by atoms with van der Waals surface area (Å²) in [6.45, 7) is 12.0. The maximum absolute atomic E-state index is 13.6. The van der Waals surface area contributed by atoms with Crippen molar-refractivity contribution in [2.75, 3.05) is 17.5 Å². The highest BCUT2D eigenvalue weighted by Gasteiger charge is 2.27. The minimum absolute atomic E-state index is 0.0900. The molecule has 214 valence electrons. The number of carbonyl (C=O) groups is 1. The molecule has 0 fully saturated rings. The molecule has 0 saturated carbocycles. The zero-order valence-corrected chi connectivity index (χ0v) is 25.1. The van der Waals surface area contributed by atoms with Crippen LogP contribution in [0.3, 0.4) is 0 Å². The number of sulfonamides is 1. The van der Waals surface area contributed by atoms with E-state index in [9.17, 15) is 13.2 Å². The van der Waals surface area contributed by atoms with Crippen LogP contribution in [0.15, 0.2) is 82.8 Å². The van der Waals surface area contributed by atoms with E-state index in [2.05, 4.69) is 41.1 Å². The van der Waals surface area contributed by atoms with Gasteiger partial charge in [0.1, 0.15) is 12.3 Å². The molecule has 0 spiro atoms. The Morgan fingerprint density at radius 2 is 1.59 bits per heavy atom. The molecule has 0 saturated heterocycles. The molecular weight excluding hydrogens is 536 g/mol. The summed E-state index contributed by atoms with van der Waals surface area (Å²) in [6.07, 6.45) is 1.58. The molecule has 0 radical (unpaired) electrons. The van der Waals surface area contributed by atoms with Crippen molar-refractivity contribution < 1.29 is 17.9 Å². The summed E-state index contributed by atoms with van der Waals surface area (Å²) in [4.78, 5) is 13.1. The zero-order valence-electron chi connectivity index (χ0n) is 24.3. The van der Waals surface area contributed by atoms with Gasteiger partial charge in [-0.2, -0.15) is 5.10 Å².